The Kier molecular flexibility index (Phi) is 3.81. The van der Waals surface area contributed by atoms with E-state index in [0.29, 0.717) is 17.7 Å². The molecule has 0 atom stereocenters. The van der Waals surface area contributed by atoms with E-state index in [1.54, 1.807) is 4.90 Å². The molecular formula is C21H18N4O. The summed E-state index contributed by atoms with van der Waals surface area (Å²) < 4.78 is 0. The lowest BCUT2D eigenvalue weighted by atomic mass is 9.96. The van der Waals surface area contributed by atoms with Crippen LogP contribution in [-0.4, -0.2) is 27.5 Å². The Hall–Kier alpha value is -3.39. The van der Waals surface area contributed by atoms with Crippen molar-refractivity contribution in [2.45, 2.75) is 19.9 Å². The first-order chi connectivity index (χ1) is 12.6. The quantitative estimate of drug-likeness (QED) is 0.732. The molecule has 0 spiro atoms. The van der Waals surface area contributed by atoms with E-state index in [0.717, 1.165) is 39.7 Å². The molecule has 1 aliphatic rings. The standard InChI is InChI=1S/C21H18N4O/c1-3-19-17-8-7-14(9-20(17)24-23-19)15-5-4-6-16-18(15)12-25(21(16)26)11-13(2)10-22/h4-9H,2-3,11-12H2,1H3,(H,23,24). The number of aromatic nitrogens is 2. The summed E-state index contributed by atoms with van der Waals surface area (Å²) in [6, 6.07) is 14.0. The first kappa shape index (κ1) is 16.1. The first-order valence-corrected chi connectivity index (χ1v) is 8.58. The van der Waals surface area contributed by atoms with Gasteiger partial charge in [-0.15, -0.1) is 0 Å². The molecule has 2 aromatic carbocycles. The number of nitrogens with one attached hydrogen (secondary N) is 1. The third-order valence-electron chi connectivity index (χ3n) is 4.88. The number of hydrogen-bond donors (Lipinski definition) is 1. The molecule has 3 aromatic rings. The summed E-state index contributed by atoms with van der Waals surface area (Å²) in [6.07, 6.45) is 0.906. The maximum Gasteiger partial charge on any atom is 0.254 e. The predicted octanol–water partition coefficient (Wildman–Crippen LogP) is 3.83. The van der Waals surface area contributed by atoms with Gasteiger partial charge in [-0.05, 0) is 35.2 Å². The van der Waals surface area contributed by atoms with Crippen LogP contribution in [0.3, 0.4) is 0 Å². The molecule has 5 nitrogen and oxygen atoms in total. The van der Waals surface area contributed by atoms with E-state index in [-0.39, 0.29) is 12.5 Å². The highest BCUT2D eigenvalue weighted by Gasteiger charge is 2.29. The minimum absolute atomic E-state index is 0.0487. The molecule has 1 N–H and O–H groups in total. The van der Waals surface area contributed by atoms with Gasteiger partial charge in [0.1, 0.15) is 0 Å². The van der Waals surface area contributed by atoms with Crippen molar-refractivity contribution in [3.63, 3.8) is 0 Å². The molecule has 0 radical (unpaired) electrons. The summed E-state index contributed by atoms with van der Waals surface area (Å²) in [4.78, 5) is 14.3. The maximum absolute atomic E-state index is 12.6. The fourth-order valence-electron chi connectivity index (χ4n) is 3.56. The van der Waals surface area contributed by atoms with Gasteiger partial charge in [-0.25, -0.2) is 0 Å². The number of hydrogen-bond acceptors (Lipinski definition) is 3. The molecule has 26 heavy (non-hydrogen) atoms. The summed E-state index contributed by atoms with van der Waals surface area (Å²) >= 11 is 0. The lowest BCUT2D eigenvalue weighted by Gasteiger charge is -2.14. The molecule has 128 valence electrons. The highest BCUT2D eigenvalue weighted by atomic mass is 16.2. The molecule has 4 rings (SSSR count). The molecule has 1 amide bonds. The molecule has 1 aliphatic heterocycles. The van der Waals surface area contributed by atoms with Crippen molar-refractivity contribution in [2.75, 3.05) is 6.54 Å². The van der Waals surface area contributed by atoms with Crippen molar-refractivity contribution in [3.05, 3.63) is 65.4 Å². The van der Waals surface area contributed by atoms with Gasteiger partial charge in [-0.1, -0.05) is 37.8 Å². The number of nitriles is 1. The molecule has 0 bridgehead atoms. The van der Waals surface area contributed by atoms with Crippen molar-refractivity contribution in [2.24, 2.45) is 0 Å². The van der Waals surface area contributed by atoms with Crippen LogP contribution in [0.5, 0.6) is 0 Å². The van der Waals surface area contributed by atoms with Crippen molar-refractivity contribution in [3.8, 4) is 17.2 Å². The number of carbonyl (C=O) groups is 1. The number of H-pyrrole nitrogens is 1. The van der Waals surface area contributed by atoms with Gasteiger partial charge in [0.15, 0.2) is 0 Å². The van der Waals surface area contributed by atoms with E-state index in [1.807, 2.05) is 24.3 Å². The van der Waals surface area contributed by atoms with Gasteiger partial charge >= 0.3 is 0 Å². The third-order valence-corrected chi connectivity index (χ3v) is 4.88. The van der Waals surface area contributed by atoms with Crippen molar-refractivity contribution in [1.82, 2.24) is 15.1 Å². The van der Waals surface area contributed by atoms with E-state index < -0.39 is 0 Å². The van der Waals surface area contributed by atoms with E-state index in [4.69, 9.17) is 5.26 Å². The molecular weight excluding hydrogens is 324 g/mol. The number of aryl methyl sites for hydroxylation is 1. The van der Waals surface area contributed by atoms with Crippen LogP contribution in [-0.2, 0) is 13.0 Å². The average molecular weight is 342 g/mol. The zero-order valence-electron chi connectivity index (χ0n) is 14.5. The van der Waals surface area contributed by atoms with Crippen molar-refractivity contribution in [1.29, 1.82) is 5.26 Å². The molecule has 5 heteroatoms. The lowest BCUT2D eigenvalue weighted by molar-refractivity contribution is 0.0794. The van der Waals surface area contributed by atoms with Crippen LogP contribution in [0.25, 0.3) is 22.0 Å². The topological polar surface area (TPSA) is 72.8 Å². The van der Waals surface area contributed by atoms with Gasteiger partial charge in [0.2, 0.25) is 0 Å². The van der Waals surface area contributed by atoms with Crippen LogP contribution in [0.1, 0.15) is 28.5 Å². The summed E-state index contributed by atoms with van der Waals surface area (Å²) in [7, 11) is 0. The molecule has 0 unspecified atom stereocenters. The highest BCUT2D eigenvalue weighted by Crippen LogP contribution is 2.34. The molecule has 0 saturated heterocycles. The van der Waals surface area contributed by atoms with E-state index in [1.165, 1.54) is 0 Å². The number of fused-ring (bicyclic) bond motifs is 2. The van der Waals surface area contributed by atoms with E-state index >= 15 is 0 Å². The number of aromatic amines is 1. The zero-order valence-corrected chi connectivity index (χ0v) is 14.5. The Morgan fingerprint density at radius 3 is 2.92 bits per heavy atom. The van der Waals surface area contributed by atoms with Gasteiger partial charge in [0.25, 0.3) is 5.91 Å². The number of carbonyl (C=O) groups excluding carboxylic acids is 1. The van der Waals surface area contributed by atoms with Gasteiger partial charge in [0, 0.05) is 28.8 Å². The Morgan fingerprint density at radius 2 is 2.15 bits per heavy atom. The molecule has 0 aliphatic carbocycles. The largest absolute Gasteiger partial charge is 0.329 e. The minimum Gasteiger partial charge on any atom is -0.329 e. The first-order valence-electron chi connectivity index (χ1n) is 8.58. The molecule has 0 saturated carbocycles. The van der Waals surface area contributed by atoms with Gasteiger partial charge < -0.3 is 4.90 Å². The van der Waals surface area contributed by atoms with Gasteiger partial charge in [0.05, 0.1) is 18.1 Å². The van der Waals surface area contributed by atoms with Crippen LogP contribution in [0.2, 0.25) is 0 Å². The highest BCUT2D eigenvalue weighted by molar-refractivity contribution is 6.01. The second kappa shape index (κ2) is 6.16. The summed E-state index contributed by atoms with van der Waals surface area (Å²) in [5.74, 6) is -0.0487. The predicted molar refractivity (Wildman–Crippen MR) is 100 cm³/mol. The smallest absolute Gasteiger partial charge is 0.254 e. The van der Waals surface area contributed by atoms with E-state index in [9.17, 15) is 4.79 Å². The zero-order chi connectivity index (χ0) is 18.3. The Morgan fingerprint density at radius 1 is 1.35 bits per heavy atom. The normalized spacial score (nSPS) is 13.1. The number of amides is 1. The second-order valence-corrected chi connectivity index (χ2v) is 6.50. The van der Waals surface area contributed by atoms with Crippen LogP contribution >= 0.6 is 0 Å². The van der Waals surface area contributed by atoms with E-state index in [2.05, 4.69) is 41.9 Å². The number of rotatable bonds is 4. The van der Waals surface area contributed by atoms with Gasteiger partial charge in [-0.3, -0.25) is 9.89 Å². The van der Waals surface area contributed by atoms with Crippen LogP contribution in [0.15, 0.2) is 48.6 Å². The monoisotopic (exact) mass is 342 g/mol. The molecule has 0 fully saturated rings. The summed E-state index contributed by atoms with van der Waals surface area (Å²) in [5, 5.41) is 17.6. The fraction of sp³-hybridized carbons (Fsp3) is 0.190. The number of benzene rings is 2. The van der Waals surface area contributed by atoms with Crippen molar-refractivity contribution < 1.29 is 4.79 Å². The number of nitrogens with zero attached hydrogens (tertiary/aromatic N) is 3. The Labute approximate surface area is 151 Å². The molecule has 2 heterocycles. The van der Waals surface area contributed by atoms with Crippen LogP contribution in [0.4, 0.5) is 0 Å². The minimum atomic E-state index is -0.0487. The SMILES string of the molecule is C=C(C#N)CN1Cc2c(cccc2-c2ccc3c(CC)[nH]nc3c2)C1=O. The fourth-order valence-corrected chi connectivity index (χ4v) is 3.56. The van der Waals surface area contributed by atoms with Crippen molar-refractivity contribution >= 4 is 16.8 Å². The second-order valence-electron chi connectivity index (χ2n) is 6.50. The third kappa shape index (κ3) is 2.47. The Bertz CT molecular complexity index is 1090. The average Bonchev–Trinajstić information content (AvgIpc) is 3.22. The molecule has 1 aromatic heterocycles. The van der Waals surface area contributed by atoms with Crippen LogP contribution in [0, 0.1) is 11.3 Å². The Balaban J connectivity index is 1.76. The van der Waals surface area contributed by atoms with Gasteiger partial charge in [-0.2, -0.15) is 10.4 Å². The lowest BCUT2D eigenvalue weighted by Crippen LogP contribution is -2.25. The summed E-state index contributed by atoms with van der Waals surface area (Å²) in [5.41, 5.74) is 6.20. The summed E-state index contributed by atoms with van der Waals surface area (Å²) in [6.45, 7) is 6.55. The van der Waals surface area contributed by atoms with Crippen LogP contribution < -0.4 is 0 Å². The maximum atomic E-state index is 12.6.